The fraction of sp³-hybridized carbons (Fsp3) is 0.640. The van der Waals surface area contributed by atoms with Gasteiger partial charge in [-0.2, -0.15) is 11.8 Å². The van der Waals surface area contributed by atoms with Gasteiger partial charge in [0.05, 0.1) is 20.1 Å². The van der Waals surface area contributed by atoms with Crippen LogP contribution in [0, 0.1) is 5.92 Å². The van der Waals surface area contributed by atoms with Gasteiger partial charge in [-0.15, -0.1) is 0 Å². The summed E-state index contributed by atoms with van der Waals surface area (Å²) in [4.78, 5) is 41.1. The van der Waals surface area contributed by atoms with Gasteiger partial charge >= 0.3 is 5.97 Å². The first kappa shape index (κ1) is 23.9. The van der Waals surface area contributed by atoms with Crippen LogP contribution in [0.4, 0.5) is 0 Å². The number of rotatable bonds is 2. The number of carbonyl (C=O) groups is 3. The summed E-state index contributed by atoms with van der Waals surface area (Å²) in [6.45, 7) is 1.09. The summed E-state index contributed by atoms with van der Waals surface area (Å²) in [5.74, 6) is 1.05. The first-order chi connectivity index (χ1) is 16.0. The molecule has 3 atom stereocenters. The van der Waals surface area contributed by atoms with Crippen molar-refractivity contribution in [3.8, 4) is 5.75 Å². The highest BCUT2D eigenvalue weighted by molar-refractivity contribution is 7.99. The monoisotopic (exact) mass is 474 g/mol. The maximum Gasteiger partial charge on any atom is 0.328 e. The molecule has 1 aromatic carbocycles. The van der Waals surface area contributed by atoms with E-state index in [1.54, 1.807) is 16.7 Å². The molecule has 1 N–H and O–H groups in total. The van der Waals surface area contributed by atoms with Crippen LogP contribution in [-0.4, -0.2) is 66.0 Å². The molecular formula is C25H34N2O5S. The quantitative estimate of drug-likeness (QED) is 0.664. The lowest BCUT2D eigenvalue weighted by molar-refractivity contribution is -0.152. The van der Waals surface area contributed by atoms with Crippen LogP contribution >= 0.6 is 11.8 Å². The van der Waals surface area contributed by atoms with E-state index >= 15 is 0 Å². The molecule has 2 heterocycles. The van der Waals surface area contributed by atoms with Crippen molar-refractivity contribution in [2.75, 3.05) is 26.0 Å². The number of carbonyl (C=O) groups excluding carboxylic acids is 3. The molecule has 1 saturated heterocycles. The second-order valence-corrected chi connectivity index (χ2v) is 10.6. The smallest absolute Gasteiger partial charge is 0.328 e. The van der Waals surface area contributed by atoms with Crippen molar-refractivity contribution in [3.63, 3.8) is 0 Å². The molecule has 7 nitrogen and oxygen atoms in total. The molecule has 4 bridgehead atoms. The number of methoxy groups -OCH3 is 1. The molecule has 0 aromatic heterocycles. The summed E-state index contributed by atoms with van der Waals surface area (Å²) >= 11 is 1.78. The highest BCUT2D eigenvalue weighted by Crippen LogP contribution is 2.33. The molecule has 8 heteroatoms. The molecule has 3 aliphatic rings. The summed E-state index contributed by atoms with van der Waals surface area (Å²) in [7, 11) is 1.37. The third-order valence-corrected chi connectivity index (χ3v) is 8.23. The minimum atomic E-state index is -0.610. The van der Waals surface area contributed by atoms with Gasteiger partial charge in [0.25, 0.3) is 0 Å². The highest BCUT2D eigenvalue weighted by Gasteiger charge is 2.44. The molecule has 2 aliphatic heterocycles. The van der Waals surface area contributed by atoms with Gasteiger partial charge in [0, 0.05) is 11.8 Å². The maximum atomic E-state index is 13.8. The Bertz CT molecular complexity index is 857. The molecule has 1 aliphatic carbocycles. The lowest BCUT2D eigenvalue weighted by atomic mass is 9.83. The zero-order valence-corrected chi connectivity index (χ0v) is 20.1. The second-order valence-electron chi connectivity index (χ2n) is 9.23. The van der Waals surface area contributed by atoms with Crippen molar-refractivity contribution in [1.29, 1.82) is 0 Å². The van der Waals surface area contributed by atoms with Gasteiger partial charge < -0.3 is 19.7 Å². The zero-order valence-electron chi connectivity index (χ0n) is 19.3. The average molecular weight is 475 g/mol. The van der Waals surface area contributed by atoms with E-state index in [0.29, 0.717) is 19.6 Å². The van der Waals surface area contributed by atoms with Crippen molar-refractivity contribution in [3.05, 3.63) is 29.8 Å². The van der Waals surface area contributed by atoms with Crippen LogP contribution < -0.4 is 10.1 Å². The van der Waals surface area contributed by atoms with Crippen molar-refractivity contribution < 1.29 is 23.9 Å². The van der Waals surface area contributed by atoms with Crippen LogP contribution in [0.2, 0.25) is 0 Å². The molecule has 33 heavy (non-hydrogen) atoms. The summed E-state index contributed by atoms with van der Waals surface area (Å²) in [5, 5.41) is 3.22. The maximum absolute atomic E-state index is 13.8. The Morgan fingerprint density at radius 1 is 1.18 bits per heavy atom. The number of benzene rings is 1. The summed E-state index contributed by atoms with van der Waals surface area (Å²) in [5.41, 5.74) is 0.856. The molecule has 0 radical (unpaired) electrons. The molecular weight excluding hydrogens is 440 g/mol. The Labute approximate surface area is 199 Å². The standard InChI is InChI=1S/C25H34N2O5S/c1-31-25(30)21-15-20-16-27(21)24(29)23(18-8-3-2-4-9-18)26-22(28)14-17-7-5-10-19(13-17)32-11-6-12-33-20/h5,7,10,13,18,20-21,23H,2-4,6,8-9,11-12,14-16H2,1H3,(H,26,28)/t20-,21+,23+/m1/s1. The first-order valence-corrected chi connectivity index (χ1v) is 13.1. The van der Waals surface area contributed by atoms with Crippen molar-refractivity contribution >= 4 is 29.5 Å². The summed E-state index contributed by atoms with van der Waals surface area (Å²) in [6.07, 6.45) is 6.73. The number of amides is 2. The zero-order chi connectivity index (χ0) is 23.2. The van der Waals surface area contributed by atoms with Crippen LogP contribution in [-0.2, 0) is 25.5 Å². The van der Waals surface area contributed by atoms with E-state index in [9.17, 15) is 14.4 Å². The van der Waals surface area contributed by atoms with E-state index < -0.39 is 12.1 Å². The fourth-order valence-corrected chi connectivity index (χ4v) is 6.40. The summed E-state index contributed by atoms with van der Waals surface area (Å²) < 4.78 is 10.9. The Kier molecular flexibility index (Phi) is 8.17. The lowest BCUT2D eigenvalue weighted by Gasteiger charge is -2.34. The normalized spacial score (nSPS) is 27.5. The van der Waals surface area contributed by atoms with Crippen molar-refractivity contribution in [1.82, 2.24) is 10.2 Å². The van der Waals surface area contributed by atoms with Gasteiger partial charge in [-0.25, -0.2) is 4.79 Å². The fourth-order valence-electron chi connectivity index (χ4n) is 5.20. The number of nitrogens with one attached hydrogen (secondary N) is 1. The summed E-state index contributed by atoms with van der Waals surface area (Å²) in [6, 6.07) is 6.40. The van der Waals surface area contributed by atoms with Gasteiger partial charge in [0.2, 0.25) is 11.8 Å². The Hall–Kier alpha value is -2.22. The predicted molar refractivity (Wildman–Crippen MR) is 127 cm³/mol. The highest BCUT2D eigenvalue weighted by atomic mass is 32.2. The van der Waals surface area contributed by atoms with E-state index in [2.05, 4.69) is 5.32 Å². The lowest BCUT2D eigenvalue weighted by Crippen LogP contribution is -2.55. The van der Waals surface area contributed by atoms with Gasteiger partial charge in [-0.1, -0.05) is 31.4 Å². The number of thioether (sulfide) groups is 1. The first-order valence-electron chi connectivity index (χ1n) is 12.1. The molecule has 2 fully saturated rings. The molecule has 4 rings (SSSR count). The third kappa shape index (κ3) is 6.02. The van der Waals surface area contributed by atoms with Crippen LogP contribution in [0.1, 0.15) is 50.5 Å². The van der Waals surface area contributed by atoms with Crippen LogP contribution in [0.15, 0.2) is 24.3 Å². The van der Waals surface area contributed by atoms with Crippen molar-refractivity contribution in [2.45, 2.75) is 68.7 Å². The van der Waals surface area contributed by atoms with Crippen LogP contribution in [0.25, 0.3) is 0 Å². The molecule has 180 valence electrons. The Morgan fingerprint density at radius 2 is 2.00 bits per heavy atom. The number of nitrogens with zero attached hydrogens (tertiary/aromatic N) is 1. The minimum absolute atomic E-state index is 0.0914. The Balaban J connectivity index is 1.61. The van der Waals surface area contributed by atoms with Crippen LogP contribution in [0.5, 0.6) is 5.75 Å². The number of fused-ring (bicyclic) bond motifs is 4. The SMILES string of the molecule is COC(=O)[C@@H]1C[C@@H]2CN1C(=O)[C@H](C1CCCCC1)NC(=O)Cc1cccc(c1)OCCCS2. The van der Waals surface area contributed by atoms with E-state index in [4.69, 9.17) is 9.47 Å². The van der Waals surface area contributed by atoms with E-state index in [1.165, 1.54) is 7.11 Å². The number of ether oxygens (including phenoxy) is 2. The molecule has 0 unspecified atom stereocenters. The molecule has 1 aromatic rings. The average Bonchev–Trinajstić information content (AvgIpc) is 3.26. The third-order valence-electron chi connectivity index (χ3n) is 6.90. The van der Waals surface area contributed by atoms with E-state index in [1.807, 2.05) is 24.3 Å². The van der Waals surface area contributed by atoms with Crippen LogP contribution in [0.3, 0.4) is 0 Å². The number of esters is 1. The van der Waals surface area contributed by atoms with Crippen molar-refractivity contribution in [2.24, 2.45) is 5.92 Å². The predicted octanol–water partition coefficient (Wildman–Crippen LogP) is 2.95. The Morgan fingerprint density at radius 3 is 2.79 bits per heavy atom. The topological polar surface area (TPSA) is 84.9 Å². The van der Waals surface area contributed by atoms with Gasteiger partial charge in [0.15, 0.2) is 0 Å². The second kappa shape index (κ2) is 11.3. The van der Waals surface area contributed by atoms with Gasteiger partial charge in [-0.05, 0) is 55.1 Å². The van der Waals surface area contributed by atoms with E-state index in [0.717, 1.165) is 55.6 Å². The molecule has 0 spiro atoms. The number of hydrogen-bond donors (Lipinski definition) is 1. The number of hydrogen-bond acceptors (Lipinski definition) is 6. The molecule has 1 saturated carbocycles. The van der Waals surface area contributed by atoms with Gasteiger partial charge in [-0.3, -0.25) is 9.59 Å². The van der Waals surface area contributed by atoms with E-state index in [-0.39, 0.29) is 35.4 Å². The van der Waals surface area contributed by atoms with Gasteiger partial charge in [0.1, 0.15) is 17.8 Å². The molecule has 2 amide bonds. The minimum Gasteiger partial charge on any atom is -0.494 e. The largest absolute Gasteiger partial charge is 0.494 e.